The first-order chi connectivity index (χ1) is 13.2. The molecule has 4 rings (SSSR count). The van der Waals surface area contributed by atoms with Gasteiger partial charge in [0.25, 0.3) is 0 Å². The highest BCUT2D eigenvalue weighted by Gasteiger charge is 2.29. The largest absolute Gasteiger partial charge is 0.468 e. The molecule has 0 aliphatic carbocycles. The summed E-state index contributed by atoms with van der Waals surface area (Å²) in [7, 11) is 1.37. The number of thioether (sulfide) groups is 2. The summed E-state index contributed by atoms with van der Waals surface area (Å²) in [6.45, 7) is 1.00. The van der Waals surface area contributed by atoms with E-state index in [9.17, 15) is 9.59 Å². The molecule has 0 bridgehead atoms. The Kier molecular flexibility index (Phi) is 5.22. The van der Waals surface area contributed by atoms with Crippen LogP contribution in [0, 0.1) is 0 Å². The Labute approximate surface area is 163 Å². The molecule has 3 aromatic rings. The summed E-state index contributed by atoms with van der Waals surface area (Å²) >= 11 is 2.85. The van der Waals surface area contributed by atoms with E-state index in [-0.39, 0.29) is 22.9 Å². The van der Waals surface area contributed by atoms with Crippen LogP contribution in [0.3, 0.4) is 0 Å². The summed E-state index contributed by atoms with van der Waals surface area (Å²) in [4.78, 5) is 34.6. The zero-order valence-electron chi connectivity index (χ0n) is 14.6. The van der Waals surface area contributed by atoms with Crippen LogP contribution in [-0.2, 0) is 14.3 Å². The van der Waals surface area contributed by atoms with Gasteiger partial charge in [-0.05, 0) is 12.1 Å². The predicted octanol–water partition coefficient (Wildman–Crippen LogP) is 2.59. The van der Waals surface area contributed by atoms with E-state index < -0.39 is 0 Å². The number of fused-ring (bicyclic) bond motifs is 3. The molecule has 2 aromatic heterocycles. The lowest BCUT2D eigenvalue weighted by Crippen LogP contribution is -2.45. The Morgan fingerprint density at radius 1 is 1.37 bits per heavy atom. The van der Waals surface area contributed by atoms with Gasteiger partial charge < -0.3 is 14.1 Å². The van der Waals surface area contributed by atoms with Gasteiger partial charge in [-0.25, -0.2) is 9.97 Å². The van der Waals surface area contributed by atoms with Crippen molar-refractivity contribution in [1.82, 2.24) is 14.9 Å². The maximum Gasteiger partial charge on any atom is 0.320 e. The molecule has 3 heterocycles. The molecule has 1 atom stereocenters. The predicted molar refractivity (Wildman–Crippen MR) is 105 cm³/mol. The van der Waals surface area contributed by atoms with Crippen LogP contribution in [0.15, 0.2) is 40.0 Å². The van der Waals surface area contributed by atoms with Gasteiger partial charge in [-0.1, -0.05) is 23.9 Å². The first-order valence-electron chi connectivity index (χ1n) is 8.39. The molecule has 0 N–H and O–H groups in total. The minimum atomic E-state index is -0.321. The lowest BCUT2D eigenvalue weighted by atomic mass is 10.2. The molecular weight excluding hydrogens is 386 g/mol. The molecule has 140 valence electrons. The van der Waals surface area contributed by atoms with E-state index in [0.29, 0.717) is 23.7 Å². The second-order valence-electron chi connectivity index (χ2n) is 5.97. The van der Waals surface area contributed by atoms with Crippen molar-refractivity contribution in [3.63, 3.8) is 0 Å². The molecule has 0 spiro atoms. The van der Waals surface area contributed by atoms with Gasteiger partial charge in [0.05, 0.1) is 12.9 Å². The normalized spacial score (nSPS) is 17.4. The summed E-state index contributed by atoms with van der Waals surface area (Å²) in [5, 5.41) is 1.25. The van der Waals surface area contributed by atoms with Gasteiger partial charge in [0, 0.05) is 24.2 Å². The lowest BCUT2D eigenvalue weighted by Gasteiger charge is -2.30. The van der Waals surface area contributed by atoms with Crippen molar-refractivity contribution in [1.29, 1.82) is 0 Å². The SMILES string of the molecule is COC(=O)[C@H]1CN(C(=O)CSc2ncnc3c2oc2ccccc23)CCS1. The van der Waals surface area contributed by atoms with E-state index in [0.717, 1.165) is 22.2 Å². The molecule has 1 aliphatic rings. The molecule has 9 heteroatoms. The third-order valence-electron chi connectivity index (χ3n) is 4.34. The maximum atomic E-state index is 12.6. The molecule has 1 aromatic carbocycles. The number of benzene rings is 1. The number of nitrogens with zero attached hydrogens (tertiary/aromatic N) is 3. The van der Waals surface area contributed by atoms with E-state index in [4.69, 9.17) is 9.15 Å². The lowest BCUT2D eigenvalue weighted by molar-refractivity contribution is -0.141. The van der Waals surface area contributed by atoms with Gasteiger partial charge in [-0.2, -0.15) is 0 Å². The molecule has 1 aliphatic heterocycles. The Morgan fingerprint density at radius 3 is 3.07 bits per heavy atom. The van der Waals surface area contributed by atoms with Gasteiger partial charge in [0.15, 0.2) is 5.58 Å². The van der Waals surface area contributed by atoms with E-state index >= 15 is 0 Å². The van der Waals surface area contributed by atoms with Crippen LogP contribution in [0.4, 0.5) is 0 Å². The number of methoxy groups -OCH3 is 1. The third kappa shape index (κ3) is 3.61. The Balaban J connectivity index is 1.48. The van der Waals surface area contributed by atoms with Crippen molar-refractivity contribution in [3.05, 3.63) is 30.6 Å². The molecule has 1 saturated heterocycles. The number of aromatic nitrogens is 2. The van der Waals surface area contributed by atoms with E-state index in [1.54, 1.807) is 4.90 Å². The summed E-state index contributed by atoms with van der Waals surface area (Å²) in [6.07, 6.45) is 1.49. The quantitative estimate of drug-likeness (QED) is 0.373. The fourth-order valence-electron chi connectivity index (χ4n) is 2.98. The number of esters is 1. The first-order valence-corrected chi connectivity index (χ1v) is 10.4. The van der Waals surface area contributed by atoms with Crippen molar-refractivity contribution in [3.8, 4) is 0 Å². The van der Waals surface area contributed by atoms with Gasteiger partial charge in [0.2, 0.25) is 5.91 Å². The summed E-state index contributed by atoms with van der Waals surface area (Å²) in [6, 6.07) is 7.67. The number of furan rings is 1. The van der Waals surface area contributed by atoms with Crippen LogP contribution >= 0.6 is 23.5 Å². The van der Waals surface area contributed by atoms with Crippen LogP contribution in [0.1, 0.15) is 0 Å². The number of ether oxygens (including phenoxy) is 1. The molecule has 0 saturated carbocycles. The second kappa shape index (κ2) is 7.77. The number of hydrogen-bond donors (Lipinski definition) is 0. The highest BCUT2D eigenvalue weighted by atomic mass is 32.2. The maximum absolute atomic E-state index is 12.6. The number of para-hydroxylation sites is 1. The van der Waals surface area contributed by atoms with Crippen molar-refractivity contribution in [2.75, 3.05) is 31.7 Å². The summed E-state index contributed by atoms with van der Waals surface area (Å²) < 4.78 is 10.7. The van der Waals surface area contributed by atoms with Crippen LogP contribution in [0.5, 0.6) is 0 Å². The minimum Gasteiger partial charge on any atom is -0.468 e. The van der Waals surface area contributed by atoms with Crippen LogP contribution in [0.25, 0.3) is 22.1 Å². The number of carbonyl (C=O) groups is 2. The van der Waals surface area contributed by atoms with Crippen molar-refractivity contribution in [2.45, 2.75) is 10.3 Å². The van der Waals surface area contributed by atoms with E-state index in [2.05, 4.69) is 9.97 Å². The topological polar surface area (TPSA) is 85.5 Å². The number of hydrogen-bond acceptors (Lipinski definition) is 8. The zero-order chi connectivity index (χ0) is 18.8. The monoisotopic (exact) mass is 403 g/mol. The van der Waals surface area contributed by atoms with Crippen molar-refractivity contribution >= 4 is 57.5 Å². The molecule has 27 heavy (non-hydrogen) atoms. The molecule has 0 unspecified atom stereocenters. The standard InChI is InChI=1S/C18H17N3O4S2/c1-24-18(23)13-8-21(6-7-26-13)14(22)9-27-17-16-15(19-10-20-17)11-4-2-3-5-12(11)25-16/h2-5,10,13H,6-9H2,1H3/t13-/m1/s1. The fraction of sp³-hybridized carbons (Fsp3) is 0.333. The first kappa shape index (κ1) is 18.1. The zero-order valence-corrected chi connectivity index (χ0v) is 16.2. The minimum absolute atomic E-state index is 0.0305. The van der Waals surface area contributed by atoms with Crippen LogP contribution in [-0.4, -0.2) is 63.7 Å². The van der Waals surface area contributed by atoms with Crippen molar-refractivity contribution in [2.24, 2.45) is 0 Å². The number of carbonyl (C=O) groups excluding carboxylic acids is 2. The molecular formula is C18H17N3O4S2. The van der Waals surface area contributed by atoms with Gasteiger partial charge in [-0.15, -0.1) is 11.8 Å². The van der Waals surface area contributed by atoms with Gasteiger partial charge in [-0.3, -0.25) is 9.59 Å². The molecule has 1 amide bonds. The highest BCUT2D eigenvalue weighted by molar-refractivity contribution is 8.00. The van der Waals surface area contributed by atoms with Gasteiger partial charge in [0.1, 0.15) is 27.7 Å². The molecule has 0 radical (unpaired) electrons. The summed E-state index contributed by atoms with van der Waals surface area (Å²) in [5.41, 5.74) is 2.09. The van der Waals surface area contributed by atoms with Crippen molar-refractivity contribution < 1.29 is 18.7 Å². The van der Waals surface area contributed by atoms with Gasteiger partial charge >= 0.3 is 5.97 Å². The molecule has 7 nitrogen and oxygen atoms in total. The Morgan fingerprint density at radius 2 is 2.22 bits per heavy atom. The third-order valence-corrected chi connectivity index (χ3v) is 6.46. The average Bonchev–Trinajstić information content (AvgIpc) is 3.11. The molecule has 1 fully saturated rings. The van der Waals surface area contributed by atoms with Crippen LogP contribution in [0.2, 0.25) is 0 Å². The number of amides is 1. The Hall–Kier alpha value is -2.26. The fourth-order valence-corrected chi connectivity index (χ4v) is 4.94. The average molecular weight is 403 g/mol. The van der Waals surface area contributed by atoms with E-state index in [1.165, 1.54) is 37.0 Å². The smallest absolute Gasteiger partial charge is 0.320 e. The summed E-state index contributed by atoms with van der Waals surface area (Å²) in [5.74, 6) is 0.626. The second-order valence-corrected chi connectivity index (χ2v) is 8.24. The van der Waals surface area contributed by atoms with E-state index in [1.807, 2.05) is 24.3 Å². The Bertz CT molecular complexity index is 1010. The highest BCUT2D eigenvalue weighted by Crippen LogP contribution is 2.32. The number of rotatable bonds is 4. The van der Waals surface area contributed by atoms with Crippen LogP contribution < -0.4 is 0 Å².